The molecule has 4 nitrogen and oxygen atoms in total. The van der Waals surface area contributed by atoms with E-state index in [1.54, 1.807) is 0 Å². The standard InChI is InChI=1S/C46H29BN2O2/c1-3-13-30(14-4-1)39-29-40(31-15-5-2-6-16-31)49-46(48-39)35-20-12-18-33(26-35)32-17-11-19-34(25-32)36-27-43-45-44(28-36)51-42-24-10-8-22-38(42)47(45)37-21-7-9-23-41(37)50-43/h1-29H. The van der Waals surface area contributed by atoms with Gasteiger partial charge in [0, 0.05) is 22.2 Å². The molecule has 3 heterocycles. The zero-order valence-electron chi connectivity index (χ0n) is 27.5. The molecule has 10 rings (SSSR count). The smallest absolute Gasteiger partial charge is 0.260 e. The highest BCUT2D eigenvalue weighted by Crippen LogP contribution is 2.39. The number of ether oxygens (including phenoxy) is 2. The Kier molecular flexibility index (Phi) is 6.88. The fourth-order valence-corrected chi connectivity index (χ4v) is 7.37. The molecule has 8 aromatic rings. The first-order valence-electron chi connectivity index (χ1n) is 17.2. The number of benzene rings is 7. The molecule has 0 radical (unpaired) electrons. The monoisotopic (exact) mass is 652 g/mol. The predicted molar refractivity (Wildman–Crippen MR) is 207 cm³/mol. The van der Waals surface area contributed by atoms with Crippen LogP contribution in [0.5, 0.6) is 23.0 Å². The average Bonchev–Trinajstić information content (AvgIpc) is 3.21. The zero-order valence-corrected chi connectivity index (χ0v) is 27.5. The summed E-state index contributed by atoms with van der Waals surface area (Å²) >= 11 is 0. The summed E-state index contributed by atoms with van der Waals surface area (Å²) in [6.45, 7) is 0.0537. The second kappa shape index (κ2) is 12.0. The topological polar surface area (TPSA) is 44.2 Å². The van der Waals surface area contributed by atoms with Crippen molar-refractivity contribution in [2.24, 2.45) is 0 Å². The Morgan fingerprint density at radius 1 is 0.333 bits per heavy atom. The van der Waals surface area contributed by atoms with Crippen LogP contribution in [0.3, 0.4) is 0 Å². The first-order valence-corrected chi connectivity index (χ1v) is 17.2. The number of nitrogens with zero attached hydrogens (tertiary/aromatic N) is 2. The molecule has 0 saturated carbocycles. The van der Waals surface area contributed by atoms with Crippen molar-refractivity contribution < 1.29 is 9.47 Å². The number of para-hydroxylation sites is 2. The molecule has 0 unspecified atom stereocenters. The predicted octanol–water partition coefficient (Wildman–Crippen LogP) is 9.54. The number of aromatic nitrogens is 2. The summed E-state index contributed by atoms with van der Waals surface area (Å²) in [5, 5.41) is 0. The van der Waals surface area contributed by atoms with E-state index in [2.05, 4.69) is 127 Å². The lowest BCUT2D eigenvalue weighted by Gasteiger charge is -2.33. The molecular formula is C46H29BN2O2. The van der Waals surface area contributed by atoms with Gasteiger partial charge in [0.1, 0.15) is 23.0 Å². The first kappa shape index (κ1) is 29.2. The Hall–Kier alpha value is -6.72. The van der Waals surface area contributed by atoms with Gasteiger partial charge in [0.2, 0.25) is 0 Å². The molecule has 1 aromatic heterocycles. The van der Waals surface area contributed by atoms with Crippen molar-refractivity contribution in [3.8, 4) is 79.2 Å². The number of rotatable bonds is 5. The molecule has 2 aliphatic rings. The van der Waals surface area contributed by atoms with Gasteiger partial charge in [-0.1, -0.05) is 133 Å². The lowest BCUT2D eigenvalue weighted by Crippen LogP contribution is -2.57. The summed E-state index contributed by atoms with van der Waals surface area (Å²) in [6, 6.07) is 60.7. The van der Waals surface area contributed by atoms with Crippen molar-refractivity contribution in [2.75, 3.05) is 0 Å². The van der Waals surface area contributed by atoms with Crippen molar-refractivity contribution in [3.63, 3.8) is 0 Å². The quantitative estimate of drug-likeness (QED) is 0.174. The molecule has 0 fully saturated rings. The second-order valence-electron chi connectivity index (χ2n) is 13.0. The van der Waals surface area contributed by atoms with Crippen LogP contribution in [0.1, 0.15) is 0 Å². The Morgan fingerprint density at radius 3 is 1.31 bits per heavy atom. The van der Waals surface area contributed by atoms with Gasteiger partial charge in [-0.3, -0.25) is 0 Å². The van der Waals surface area contributed by atoms with E-state index >= 15 is 0 Å². The van der Waals surface area contributed by atoms with E-state index in [1.165, 1.54) is 0 Å². The van der Waals surface area contributed by atoms with Crippen molar-refractivity contribution in [1.82, 2.24) is 9.97 Å². The number of fused-ring (bicyclic) bond motifs is 4. The van der Waals surface area contributed by atoms with Crippen LogP contribution in [-0.2, 0) is 0 Å². The highest BCUT2D eigenvalue weighted by atomic mass is 16.5. The molecule has 0 amide bonds. The van der Waals surface area contributed by atoms with E-state index in [4.69, 9.17) is 19.4 Å². The normalized spacial score (nSPS) is 12.2. The molecule has 0 atom stereocenters. The Bertz CT molecular complexity index is 2480. The van der Waals surface area contributed by atoms with Gasteiger partial charge in [0.05, 0.1) is 11.4 Å². The SMILES string of the molecule is c1ccc(-c2cc(-c3ccccc3)nc(-c3cccc(-c4cccc(-c5cc6c7c(c5)Oc5ccccc5B7c5ccccc5O6)c4)c3)n2)cc1. The fraction of sp³-hybridized carbons (Fsp3) is 0. The van der Waals surface area contributed by atoms with E-state index in [9.17, 15) is 0 Å². The third-order valence-corrected chi connectivity index (χ3v) is 9.81. The van der Waals surface area contributed by atoms with Crippen LogP contribution in [0.15, 0.2) is 176 Å². The molecular weight excluding hydrogens is 623 g/mol. The lowest BCUT2D eigenvalue weighted by atomic mass is 9.35. The summed E-state index contributed by atoms with van der Waals surface area (Å²) in [7, 11) is 0. The van der Waals surface area contributed by atoms with Crippen molar-refractivity contribution >= 4 is 23.1 Å². The largest absolute Gasteiger partial charge is 0.458 e. The van der Waals surface area contributed by atoms with E-state index in [-0.39, 0.29) is 6.71 Å². The van der Waals surface area contributed by atoms with Crippen LogP contribution in [0.4, 0.5) is 0 Å². The van der Waals surface area contributed by atoms with E-state index < -0.39 is 0 Å². The summed E-state index contributed by atoms with van der Waals surface area (Å²) in [6.07, 6.45) is 0. The fourth-order valence-electron chi connectivity index (χ4n) is 7.37. The minimum absolute atomic E-state index is 0.0537. The molecule has 0 bridgehead atoms. The Labute approximate surface area is 296 Å². The number of hydrogen-bond acceptors (Lipinski definition) is 4. The lowest BCUT2D eigenvalue weighted by molar-refractivity contribution is 0.465. The Morgan fingerprint density at radius 2 is 0.765 bits per heavy atom. The molecule has 5 heteroatoms. The maximum absolute atomic E-state index is 6.57. The summed E-state index contributed by atoms with van der Waals surface area (Å²) in [5.41, 5.74) is 12.5. The number of hydrogen-bond donors (Lipinski definition) is 0. The maximum atomic E-state index is 6.57. The molecule has 0 aliphatic carbocycles. The van der Waals surface area contributed by atoms with Gasteiger partial charge in [-0.05, 0) is 75.6 Å². The van der Waals surface area contributed by atoms with Gasteiger partial charge >= 0.3 is 0 Å². The van der Waals surface area contributed by atoms with Gasteiger partial charge in [-0.2, -0.15) is 0 Å². The van der Waals surface area contributed by atoms with E-state index in [0.29, 0.717) is 5.82 Å². The van der Waals surface area contributed by atoms with Crippen LogP contribution >= 0.6 is 0 Å². The van der Waals surface area contributed by atoms with Crippen molar-refractivity contribution in [2.45, 2.75) is 0 Å². The highest BCUT2D eigenvalue weighted by Gasteiger charge is 2.40. The van der Waals surface area contributed by atoms with Gasteiger partial charge in [0.25, 0.3) is 6.71 Å². The maximum Gasteiger partial charge on any atom is 0.260 e. The first-order chi connectivity index (χ1) is 25.2. The van der Waals surface area contributed by atoms with Crippen molar-refractivity contribution in [1.29, 1.82) is 0 Å². The minimum atomic E-state index is 0.0537. The molecule has 51 heavy (non-hydrogen) atoms. The molecule has 0 N–H and O–H groups in total. The van der Waals surface area contributed by atoms with Gasteiger partial charge < -0.3 is 9.47 Å². The molecule has 238 valence electrons. The zero-order chi connectivity index (χ0) is 33.7. The minimum Gasteiger partial charge on any atom is -0.458 e. The summed E-state index contributed by atoms with van der Waals surface area (Å²) < 4.78 is 13.1. The summed E-state index contributed by atoms with van der Waals surface area (Å²) in [5.74, 6) is 4.12. The van der Waals surface area contributed by atoms with Crippen LogP contribution in [-0.4, -0.2) is 16.7 Å². The molecule has 7 aromatic carbocycles. The van der Waals surface area contributed by atoms with Crippen LogP contribution in [0, 0.1) is 0 Å². The Balaban J connectivity index is 1.05. The van der Waals surface area contributed by atoms with Crippen LogP contribution in [0.25, 0.3) is 56.2 Å². The molecule has 0 saturated heterocycles. The van der Waals surface area contributed by atoms with Gasteiger partial charge in [-0.25, -0.2) is 9.97 Å². The highest BCUT2D eigenvalue weighted by molar-refractivity contribution is 6.98. The second-order valence-corrected chi connectivity index (χ2v) is 13.0. The summed E-state index contributed by atoms with van der Waals surface area (Å²) in [4.78, 5) is 10.1. The molecule has 0 spiro atoms. The van der Waals surface area contributed by atoms with Crippen LogP contribution in [0.2, 0.25) is 0 Å². The van der Waals surface area contributed by atoms with E-state index in [0.717, 1.165) is 89.7 Å². The van der Waals surface area contributed by atoms with Crippen molar-refractivity contribution in [3.05, 3.63) is 176 Å². The molecule has 2 aliphatic heterocycles. The average molecular weight is 653 g/mol. The third kappa shape index (κ3) is 5.19. The van der Waals surface area contributed by atoms with Crippen LogP contribution < -0.4 is 25.9 Å². The third-order valence-electron chi connectivity index (χ3n) is 9.81. The van der Waals surface area contributed by atoms with Gasteiger partial charge in [0.15, 0.2) is 5.82 Å². The van der Waals surface area contributed by atoms with Gasteiger partial charge in [-0.15, -0.1) is 0 Å². The van der Waals surface area contributed by atoms with E-state index in [1.807, 2.05) is 48.5 Å².